The van der Waals surface area contributed by atoms with Gasteiger partial charge in [0.1, 0.15) is 5.70 Å². The van der Waals surface area contributed by atoms with E-state index in [1.165, 1.54) is 18.2 Å². The number of pyridine rings is 1. The number of aromatic nitrogens is 1. The number of allylic oxidation sites excluding steroid dienone is 1. The van der Waals surface area contributed by atoms with Crippen LogP contribution in [0.3, 0.4) is 0 Å². The van der Waals surface area contributed by atoms with E-state index in [1.807, 2.05) is 19.1 Å². The fourth-order valence-corrected chi connectivity index (χ4v) is 5.19. The van der Waals surface area contributed by atoms with Gasteiger partial charge in [-0.3, -0.25) is 30.3 Å². The number of hydrogen-bond donors (Lipinski definition) is 5. The molecule has 11 nitrogen and oxygen atoms in total. The van der Waals surface area contributed by atoms with Gasteiger partial charge in [-0.2, -0.15) is 0 Å². The number of ether oxygens (including phenoxy) is 1. The number of carbonyl (C=O) groups excluding carboxylic acids is 3. The number of rotatable bonds is 4. The molecule has 43 heavy (non-hydrogen) atoms. The second-order valence-electron chi connectivity index (χ2n) is 10.3. The molecule has 2 bridgehead atoms. The van der Waals surface area contributed by atoms with Gasteiger partial charge < -0.3 is 15.4 Å². The van der Waals surface area contributed by atoms with Crippen LogP contribution in [0.5, 0.6) is 0 Å². The molecule has 0 radical (unpaired) electrons. The minimum absolute atomic E-state index is 0.0374. The van der Waals surface area contributed by atoms with Gasteiger partial charge in [0.05, 0.1) is 40.9 Å². The van der Waals surface area contributed by atoms with Gasteiger partial charge in [-0.05, 0) is 61.7 Å². The second-order valence-corrected chi connectivity index (χ2v) is 10.7. The number of halogens is 2. The second kappa shape index (κ2) is 12.7. The van der Waals surface area contributed by atoms with Crippen LogP contribution in [0.2, 0.25) is 5.02 Å². The first-order valence-electron chi connectivity index (χ1n) is 13.7. The molecular formula is C30H31ClFN7O4. The third-order valence-corrected chi connectivity index (χ3v) is 7.72. The summed E-state index contributed by atoms with van der Waals surface area (Å²) in [7, 11) is 1.27. The summed E-state index contributed by atoms with van der Waals surface area (Å²) in [6.07, 6.45) is 2.74. The standard InChI is InChI=1S/C30H31ClFN7O4/c1-16-6-4-8-22(35-29(41)27-17(2)39(38-37-27)25-9-5-7-21(31)26(25)32)24-14-18(12-13-33-24)20-11-10-19(34-30(42)43-3)15-23(20)36-28(16)40/h5,7,9-16,22,37-38H,4,6,8H2,1-3H3,(H,34,42)(H,35,41)(H,36,40)/t16-,22+/m1/s1. The number of hydrogen-bond acceptors (Lipinski definition) is 8. The Morgan fingerprint density at radius 1 is 1.16 bits per heavy atom. The zero-order chi connectivity index (χ0) is 30.7. The summed E-state index contributed by atoms with van der Waals surface area (Å²) in [5.74, 6) is -1.52. The molecule has 0 saturated carbocycles. The van der Waals surface area contributed by atoms with Gasteiger partial charge in [-0.15, -0.1) is 5.53 Å². The lowest BCUT2D eigenvalue weighted by Crippen LogP contribution is -2.40. The molecule has 2 aromatic carbocycles. The largest absolute Gasteiger partial charge is 0.453 e. The highest BCUT2D eigenvalue weighted by molar-refractivity contribution is 6.31. The monoisotopic (exact) mass is 607 g/mol. The number of amides is 3. The van der Waals surface area contributed by atoms with E-state index in [0.717, 1.165) is 5.56 Å². The number of hydrazine groups is 2. The van der Waals surface area contributed by atoms with E-state index in [-0.39, 0.29) is 28.2 Å². The van der Waals surface area contributed by atoms with Crippen molar-refractivity contribution in [2.75, 3.05) is 22.8 Å². The van der Waals surface area contributed by atoms with Gasteiger partial charge in [-0.1, -0.05) is 37.1 Å². The summed E-state index contributed by atoms with van der Waals surface area (Å²) in [6, 6.07) is 13.0. The minimum atomic E-state index is -0.629. The van der Waals surface area contributed by atoms with Gasteiger partial charge in [0.2, 0.25) is 5.91 Å². The lowest BCUT2D eigenvalue weighted by molar-refractivity contribution is -0.120. The van der Waals surface area contributed by atoms with E-state index in [0.29, 0.717) is 47.6 Å². The Morgan fingerprint density at radius 3 is 2.77 bits per heavy atom. The Labute approximate surface area is 252 Å². The van der Waals surface area contributed by atoms with Crippen molar-refractivity contribution in [1.29, 1.82) is 0 Å². The molecule has 3 amide bonds. The first-order valence-corrected chi connectivity index (χ1v) is 14.1. The fraction of sp³-hybridized carbons (Fsp3) is 0.267. The maximum absolute atomic E-state index is 14.7. The van der Waals surface area contributed by atoms with Crippen molar-refractivity contribution in [3.63, 3.8) is 0 Å². The molecule has 2 aliphatic rings. The lowest BCUT2D eigenvalue weighted by atomic mass is 9.95. The highest BCUT2D eigenvalue weighted by Crippen LogP contribution is 2.34. The lowest BCUT2D eigenvalue weighted by Gasteiger charge is -2.22. The first kappa shape index (κ1) is 29.8. The predicted molar refractivity (Wildman–Crippen MR) is 161 cm³/mol. The maximum Gasteiger partial charge on any atom is 0.411 e. The molecular weight excluding hydrogens is 577 g/mol. The third kappa shape index (κ3) is 6.40. The molecule has 0 unspecified atom stereocenters. The molecule has 1 aromatic heterocycles. The Kier molecular flexibility index (Phi) is 8.78. The number of nitrogens with one attached hydrogen (secondary N) is 5. The van der Waals surface area contributed by atoms with E-state index in [9.17, 15) is 18.8 Å². The zero-order valence-electron chi connectivity index (χ0n) is 23.8. The van der Waals surface area contributed by atoms with Crippen molar-refractivity contribution in [2.45, 2.75) is 39.2 Å². The van der Waals surface area contributed by atoms with Crippen LogP contribution in [0.25, 0.3) is 11.1 Å². The Balaban J connectivity index is 1.46. The third-order valence-electron chi connectivity index (χ3n) is 7.43. The SMILES string of the molecule is COC(=O)Nc1ccc2c(c1)NC(=O)[C@H](C)CCC[C@H](NC(=O)C1=C(C)N(c3cccc(Cl)c3F)NN1)c1cc-2ccn1. The van der Waals surface area contributed by atoms with Gasteiger partial charge in [-0.25, -0.2) is 9.18 Å². The van der Waals surface area contributed by atoms with E-state index in [1.54, 1.807) is 43.5 Å². The quantitative estimate of drug-likeness (QED) is 0.266. The number of benzene rings is 2. The van der Waals surface area contributed by atoms with E-state index in [2.05, 4.69) is 31.9 Å². The molecule has 5 rings (SSSR count). The van der Waals surface area contributed by atoms with Crippen molar-refractivity contribution in [2.24, 2.45) is 5.92 Å². The zero-order valence-corrected chi connectivity index (χ0v) is 24.5. The molecule has 0 spiro atoms. The van der Waals surface area contributed by atoms with E-state index >= 15 is 0 Å². The molecule has 2 atom stereocenters. The minimum Gasteiger partial charge on any atom is -0.453 e. The smallest absolute Gasteiger partial charge is 0.411 e. The summed E-state index contributed by atoms with van der Waals surface area (Å²) < 4.78 is 19.4. The van der Waals surface area contributed by atoms with Crippen LogP contribution in [0, 0.1) is 11.7 Å². The topological polar surface area (TPSA) is 137 Å². The van der Waals surface area contributed by atoms with Crippen molar-refractivity contribution < 1.29 is 23.5 Å². The average molecular weight is 608 g/mol. The van der Waals surface area contributed by atoms with Crippen molar-refractivity contribution in [3.05, 3.63) is 82.7 Å². The normalized spacial score (nSPS) is 18.4. The molecule has 3 heterocycles. The number of carbonyl (C=O) groups is 3. The summed E-state index contributed by atoms with van der Waals surface area (Å²) in [5.41, 5.74) is 9.56. The molecule has 0 saturated heterocycles. The van der Waals surface area contributed by atoms with Gasteiger partial charge in [0, 0.05) is 23.4 Å². The predicted octanol–water partition coefficient (Wildman–Crippen LogP) is 5.40. The van der Waals surface area contributed by atoms with Gasteiger partial charge >= 0.3 is 6.09 Å². The summed E-state index contributed by atoms with van der Waals surface area (Å²) in [5, 5.41) is 10.1. The van der Waals surface area contributed by atoms with Crippen molar-refractivity contribution in [3.8, 4) is 11.1 Å². The van der Waals surface area contributed by atoms with E-state index in [4.69, 9.17) is 16.3 Å². The van der Waals surface area contributed by atoms with Crippen LogP contribution in [0.15, 0.2) is 66.1 Å². The molecule has 13 heteroatoms. The summed E-state index contributed by atoms with van der Waals surface area (Å²) in [6.45, 7) is 3.52. The van der Waals surface area contributed by atoms with Crippen LogP contribution in [-0.2, 0) is 14.3 Å². The van der Waals surface area contributed by atoms with Gasteiger partial charge in [0.15, 0.2) is 5.82 Å². The molecule has 224 valence electrons. The van der Waals surface area contributed by atoms with Crippen LogP contribution in [0.1, 0.15) is 44.8 Å². The molecule has 0 fully saturated rings. The highest BCUT2D eigenvalue weighted by Gasteiger charge is 2.29. The molecule has 3 aromatic rings. The summed E-state index contributed by atoms with van der Waals surface area (Å²) in [4.78, 5) is 43.0. The number of nitrogens with zero attached hydrogens (tertiary/aromatic N) is 2. The van der Waals surface area contributed by atoms with Crippen LogP contribution in [-0.4, -0.2) is 30.0 Å². The Morgan fingerprint density at radius 2 is 1.98 bits per heavy atom. The maximum atomic E-state index is 14.7. The van der Waals surface area contributed by atoms with Crippen LogP contribution in [0.4, 0.5) is 26.2 Å². The molecule has 0 aliphatic carbocycles. The van der Waals surface area contributed by atoms with Crippen molar-refractivity contribution >= 4 is 46.6 Å². The molecule has 2 aliphatic heterocycles. The fourth-order valence-electron chi connectivity index (χ4n) is 5.02. The van der Waals surface area contributed by atoms with Crippen LogP contribution >= 0.6 is 11.6 Å². The number of fused-ring (bicyclic) bond motifs is 4. The average Bonchev–Trinajstić information content (AvgIpc) is 3.38. The summed E-state index contributed by atoms with van der Waals surface area (Å²) >= 11 is 5.96. The Bertz CT molecular complexity index is 1620. The first-order chi connectivity index (χ1) is 20.7. The molecule has 5 N–H and O–H groups in total. The number of methoxy groups -OCH3 is 1. The Hall–Kier alpha value is -4.68. The van der Waals surface area contributed by atoms with Crippen molar-refractivity contribution in [1.82, 2.24) is 21.3 Å². The highest BCUT2D eigenvalue weighted by atomic mass is 35.5. The number of anilines is 3. The van der Waals surface area contributed by atoms with Gasteiger partial charge in [0.25, 0.3) is 5.91 Å². The van der Waals surface area contributed by atoms with E-state index < -0.39 is 23.9 Å². The van der Waals surface area contributed by atoms with Crippen LogP contribution < -0.4 is 31.9 Å².